The van der Waals surface area contributed by atoms with Crippen LogP contribution in [0.1, 0.15) is 35.3 Å². The van der Waals surface area contributed by atoms with Gasteiger partial charge in [-0.1, -0.05) is 13.8 Å². The molecule has 0 saturated carbocycles. The van der Waals surface area contributed by atoms with Crippen LogP contribution in [-0.4, -0.2) is 18.5 Å². The summed E-state index contributed by atoms with van der Waals surface area (Å²) in [6.07, 6.45) is 0.724. The van der Waals surface area contributed by atoms with Crippen LogP contribution < -0.4 is 4.74 Å². The lowest BCUT2D eigenvalue weighted by Crippen LogP contribution is -1.94. The van der Waals surface area contributed by atoms with Crippen molar-refractivity contribution in [3.63, 3.8) is 0 Å². The quantitative estimate of drug-likeness (QED) is 0.763. The third-order valence-electron chi connectivity index (χ3n) is 2.06. The minimum absolute atomic E-state index is 0.0459. The van der Waals surface area contributed by atoms with Gasteiger partial charge in [0.05, 0.1) is 7.11 Å². The van der Waals surface area contributed by atoms with E-state index in [0.29, 0.717) is 16.9 Å². The van der Waals surface area contributed by atoms with E-state index in [4.69, 9.17) is 4.74 Å². The Kier molecular flexibility index (Phi) is 5.45. The Morgan fingerprint density at radius 1 is 1.33 bits per heavy atom. The van der Waals surface area contributed by atoms with E-state index in [-0.39, 0.29) is 5.75 Å². The second kappa shape index (κ2) is 6.06. The minimum Gasteiger partial charge on any atom is -0.504 e. The molecule has 0 aliphatic carbocycles. The molecule has 0 radical (unpaired) electrons. The summed E-state index contributed by atoms with van der Waals surface area (Å²) in [6, 6.07) is 1.70. The number of hydrogen-bond acceptors (Lipinski definition) is 3. The van der Waals surface area contributed by atoms with E-state index in [1.165, 1.54) is 7.11 Å². The van der Waals surface area contributed by atoms with Crippen LogP contribution in [-0.2, 0) is 0 Å². The monoisotopic (exact) mass is 210 g/mol. The third-order valence-corrected chi connectivity index (χ3v) is 2.06. The predicted molar refractivity (Wildman–Crippen MR) is 60.9 cm³/mol. The van der Waals surface area contributed by atoms with E-state index in [9.17, 15) is 9.90 Å². The summed E-state index contributed by atoms with van der Waals surface area (Å²) in [6.45, 7) is 7.46. The lowest BCUT2D eigenvalue weighted by Gasteiger charge is -2.10. The fourth-order valence-corrected chi connectivity index (χ4v) is 1.28. The van der Waals surface area contributed by atoms with E-state index >= 15 is 0 Å². The summed E-state index contributed by atoms with van der Waals surface area (Å²) in [5, 5.41) is 9.61. The number of hydrogen-bond donors (Lipinski definition) is 1. The molecule has 0 saturated heterocycles. The molecule has 1 aromatic rings. The first-order chi connectivity index (χ1) is 7.11. The first-order valence-electron chi connectivity index (χ1n) is 4.94. The molecule has 0 aliphatic rings. The highest BCUT2D eigenvalue weighted by molar-refractivity contribution is 5.80. The topological polar surface area (TPSA) is 46.5 Å². The normalized spacial score (nSPS) is 8.87. The van der Waals surface area contributed by atoms with Gasteiger partial charge < -0.3 is 9.84 Å². The average molecular weight is 210 g/mol. The SMILES string of the molecule is CC.COc1c(C)cc(C=O)c(C)c1O. The molecular formula is C12H18O3. The number of carbonyl (C=O) groups is 1. The van der Waals surface area contributed by atoms with Crippen LogP contribution in [0.5, 0.6) is 11.5 Å². The number of methoxy groups -OCH3 is 1. The van der Waals surface area contributed by atoms with Crippen LogP contribution in [0.2, 0.25) is 0 Å². The van der Waals surface area contributed by atoms with E-state index in [0.717, 1.165) is 11.8 Å². The van der Waals surface area contributed by atoms with Crippen LogP contribution in [0.15, 0.2) is 6.07 Å². The van der Waals surface area contributed by atoms with Crippen molar-refractivity contribution in [2.75, 3.05) is 7.11 Å². The van der Waals surface area contributed by atoms with Crippen molar-refractivity contribution in [2.24, 2.45) is 0 Å². The van der Waals surface area contributed by atoms with Gasteiger partial charge in [0.15, 0.2) is 11.5 Å². The molecule has 0 unspecified atom stereocenters. The Bertz CT molecular complexity index is 343. The zero-order valence-electron chi connectivity index (χ0n) is 9.92. The van der Waals surface area contributed by atoms with Crippen LogP contribution in [0.3, 0.4) is 0 Å². The first kappa shape index (κ1) is 13.5. The van der Waals surface area contributed by atoms with Gasteiger partial charge in [0.2, 0.25) is 0 Å². The summed E-state index contributed by atoms with van der Waals surface area (Å²) in [5.74, 6) is 0.479. The molecule has 0 heterocycles. The lowest BCUT2D eigenvalue weighted by molar-refractivity contribution is 0.112. The van der Waals surface area contributed by atoms with Gasteiger partial charge in [-0.3, -0.25) is 4.79 Å². The first-order valence-corrected chi connectivity index (χ1v) is 4.94. The number of benzene rings is 1. The predicted octanol–water partition coefficient (Wildman–Crippen LogP) is 2.86. The van der Waals surface area contributed by atoms with E-state index < -0.39 is 0 Å². The number of ether oxygens (including phenoxy) is 1. The number of aldehydes is 1. The number of aryl methyl sites for hydroxylation is 1. The highest BCUT2D eigenvalue weighted by Crippen LogP contribution is 2.34. The van der Waals surface area contributed by atoms with Crippen molar-refractivity contribution in [2.45, 2.75) is 27.7 Å². The van der Waals surface area contributed by atoms with E-state index in [1.54, 1.807) is 19.9 Å². The van der Waals surface area contributed by atoms with Gasteiger partial charge in [0, 0.05) is 11.1 Å². The van der Waals surface area contributed by atoms with Crippen molar-refractivity contribution in [1.82, 2.24) is 0 Å². The van der Waals surface area contributed by atoms with Crippen molar-refractivity contribution < 1.29 is 14.6 Å². The molecular weight excluding hydrogens is 192 g/mol. The smallest absolute Gasteiger partial charge is 0.163 e. The summed E-state index contributed by atoms with van der Waals surface area (Å²) in [4.78, 5) is 10.6. The molecule has 15 heavy (non-hydrogen) atoms. The standard InChI is InChI=1S/C10H12O3.C2H6/c1-6-4-8(5-11)7(2)9(12)10(6)13-3;1-2/h4-5,12H,1-3H3;1-2H3. The molecule has 0 bridgehead atoms. The Morgan fingerprint density at radius 2 is 1.87 bits per heavy atom. The maximum Gasteiger partial charge on any atom is 0.163 e. The van der Waals surface area contributed by atoms with Gasteiger partial charge >= 0.3 is 0 Å². The summed E-state index contributed by atoms with van der Waals surface area (Å²) >= 11 is 0. The second-order valence-corrected chi connectivity index (χ2v) is 2.91. The minimum atomic E-state index is 0.0459. The Morgan fingerprint density at radius 3 is 2.27 bits per heavy atom. The summed E-state index contributed by atoms with van der Waals surface area (Å²) < 4.78 is 4.99. The van der Waals surface area contributed by atoms with Gasteiger partial charge in [-0.2, -0.15) is 0 Å². The fourth-order valence-electron chi connectivity index (χ4n) is 1.28. The van der Waals surface area contributed by atoms with Crippen LogP contribution in [0, 0.1) is 13.8 Å². The maximum atomic E-state index is 10.6. The second-order valence-electron chi connectivity index (χ2n) is 2.91. The van der Waals surface area contributed by atoms with Gasteiger partial charge in [0.25, 0.3) is 0 Å². The van der Waals surface area contributed by atoms with Gasteiger partial charge in [-0.05, 0) is 25.5 Å². The molecule has 0 aliphatic heterocycles. The Balaban J connectivity index is 0.000000921. The summed E-state index contributed by atoms with van der Waals surface area (Å²) in [7, 11) is 1.49. The number of carbonyl (C=O) groups excluding carboxylic acids is 1. The van der Waals surface area contributed by atoms with Crippen LogP contribution >= 0.6 is 0 Å². The molecule has 0 spiro atoms. The zero-order valence-corrected chi connectivity index (χ0v) is 9.92. The largest absolute Gasteiger partial charge is 0.504 e. The average Bonchev–Trinajstić information content (AvgIpc) is 2.27. The highest BCUT2D eigenvalue weighted by atomic mass is 16.5. The third kappa shape index (κ3) is 2.72. The highest BCUT2D eigenvalue weighted by Gasteiger charge is 2.11. The zero-order chi connectivity index (χ0) is 12.0. The van der Waals surface area contributed by atoms with Gasteiger partial charge in [-0.15, -0.1) is 0 Å². The fraction of sp³-hybridized carbons (Fsp3) is 0.417. The molecule has 3 heteroatoms. The molecule has 84 valence electrons. The number of phenolic OH excluding ortho intramolecular Hbond substituents is 1. The molecule has 0 amide bonds. The molecule has 0 fully saturated rings. The Hall–Kier alpha value is -1.51. The molecule has 3 nitrogen and oxygen atoms in total. The van der Waals surface area contributed by atoms with Gasteiger partial charge in [0.1, 0.15) is 6.29 Å². The Labute approximate surface area is 90.7 Å². The lowest BCUT2D eigenvalue weighted by atomic mass is 10.0. The number of aromatic hydroxyl groups is 1. The van der Waals surface area contributed by atoms with E-state index in [2.05, 4.69) is 0 Å². The van der Waals surface area contributed by atoms with Crippen LogP contribution in [0.4, 0.5) is 0 Å². The van der Waals surface area contributed by atoms with Crippen molar-refractivity contribution in [3.8, 4) is 11.5 Å². The summed E-state index contributed by atoms with van der Waals surface area (Å²) in [5.41, 5.74) is 1.81. The molecule has 1 rings (SSSR count). The maximum absolute atomic E-state index is 10.6. The molecule has 0 atom stereocenters. The molecule has 1 aromatic carbocycles. The number of phenols is 1. The van der Waals surface area contributed by atoms with E-state index in [1.807, 2.05) is 13.8 Å². The van der Waals surface area contributed by atoms with Gasteiger partial charge in [-0.25, -0.2) is 0 Å². The van der Waals surface area contributed by atoms with Crippen LogP contribution in [0.25, 0.3) is 0 Å². The molecule has 1 N–H and O–H groups in total. The van der Waals surface area contributed by atoms with Crippen molar-refractivity contribution in [1.29, 1.82) is 0 Å². The number of rotatable bonds is 2. The van der Waals surface area contributed by atoms with Crippen molar-refractivity contribution >= 4 is 6.29 Å². The molecule has 0 aromatic heterocycles. The van der Waals surface area contributed by atoms with Crippen molar-refractivity contribution in [3.05, 3.63) is 22.8 Å².